The fourth-order valence-corrected chi connectivity index (χ4v) is 4.21. The summed E-state index contributed by atoms with van der Waals surface area (Å²) < 4.78 is 0. The van der Waals surface area contributed by atoms with Crippen molar-refractivity contribution in [3.05, 3.63) is 83.6 Å². The van der Waals surface area contributed by atoms with Crippen LogP contribution in [-0.2, 0) is 13.0 Å². The topological polar surface area (TPSA) is 91.6 Å². The quantitative estimate of drug-likeness (QED) is 0.267. The van der Waals surface area contributed by atoms with Gasteiger partial charge in [-0.05, 0) is 43.5 Å². The van der Waals surface area contributed by atoms with Crippen molar-refractivity contribution in [1.29, 1.82) is 0 Å². The molecule has 1 aliphatic carbocycles. The molecule has 6 nitrogen and oxygen atoms in total. The molecule has 168 valence electrons. The molecule has 5 rings (SSSR count). The smallest absolute Gasteiger partial charge is 0.126 e. The highest BCUT2D eigenvalue weighted by atomic mass is 15.1. The molecule has 0 radical (unpaired) electrons. The highest BCUT2D eigenvalue weighted by Crippen LogP contribution is 2.39. The van der Waals surface area contributed by atoms with E-state index in [-0.39, 0.29) is 5.54 Å². The molecule has 1 aliphatic rings. The third-order valence-electron chi connectivity index (χ3n) is 6.08. The largest absolute Gasteiger partial charge is 0.380 e. The van der Waals surface area contributed by atoms with Crippen molar-refractivity contribution in [2.45, 2.75) is 38.8 Å². The van der Waals surface area contributed by atoms with E-state index in [1.807, 2.05) is 32.2 Å². The zero-order valence-electron chi connectivity index (χ0n) is 19.2. The molecule has 0 aliphatic heterocycles. The van der Waals surface area contributed by atoms with Crippen LogP contribution in [0.3, 0.4) is 0 Å². The van der Waals surface area contributed by atoms with Crippen LogP contribution in [0, 0.1) is 0 Å². The number of rotatable bonds is 8. The minimum atomic E-state index is -0.174. The van der Waals surface area contributed by atoms with Gasteiger partial charge in [-0.3, -0.25) is 5.10 Å². The van der Waals surface area contributed by atoms with Crippen molar-refractivity contribution in [2.24, 2.45) is 5.73 Å². The van der Waals surface area contributed by atoms with E-state index in [2.05, 4.69) is 74.3 Å². The maximum absolute atomic E-state index is 6.02. The number of anilines is 2. The number of nitrogens with two attached hydrogens (primary N) is 1. The predicted octanol–water partition coefficient (Wildman–Crippen LogP) is 5.19. The van der Waals surface area contributed by atoms with E-state index in [1.54, 1.807) is 0 Å². The Balaban J connectivity index is 1.18. The number of pyridine rings is 1. The van der Waals surface area contributed by atoms with Crippen LogP contribution in [0.5, 0.6) is 0 Å². The van der Waals surface area contributed by atoms with E-state index in [0.717, 1.165) is 54.4 Å². The monoisotopic (exact) mass is 438 g/mol. The molecule has 4 aromatic rings. The van der Waals surface area contributed by atoms with Crippen LogP contribution in [0.25, 0.3) is 22.5 Å². The van der Waals surface area contributed by atoms with Gasteiger partial charge in [-0.1, -0.05) is 48.5 Å². The lowest BCUT2D eigenvalue weighted by Gasteiger charge is -2.18. The summed E-state index contributed by atoms with van der Waals surface area (Å²) in [6.45, 7) is 5.60. The first-order valence-corrected chi connectivity index (χ1v) is 11.4. The highest BCUT2D eigenvalue weighted by Gasteiger charge is 2.24. The third kappa shape index (κ3) is 4.76. The van der Waals surface area contributed by atoms with Crippen LogP contribution in [0.4, 0.5) is 11.5 Å². The first-order chi connectivity index (χ1) is 16.0. The van der Waals surface area contributed by atoms with E-state index >= 15 is 0 Å². The number of hydrogen-bond acceptors (Lipinski definition) is 5. The van der Waals surface area contributed by atoms with Crippen molar-refractivity contribution < 1.29 is 0 Å². The Kier molecular flexibility index (Phi) is 5.60. The second-order valence-electron chi connectivity index (χ2n) is 9.41. The van der Waals surface area contributed by atoms with Gasteiger partial charge >= 0.3 is 0 Å². The number of aromatic nitrogens is 3. The van der Waals surface area contributed by atoms with E-state index in [4.69, 9.17) is 5.73 Å². The normalized spacial score (nSPS) is 12.3. The van der Waals surface area contributed by atoms with Gasteiger partial charge in [-0.2, -0.15) is 5.10 Å². The van der Waals surface area contributed by atoms with Crippen LogP contribution in [-0.4, -0.2) is 27.3 Å². The summed E-state index contributed by atoms with van der Waals surface area (Å²) in [7, 11) is 0. The minimum absolute atomic E-state index is 0.174. The van der Waals surface area contributed by atoms with Gasteiger partial charge in [0.1, 0.15) is 5.82 Å². The Morgan fingerprint density at radius 2 is 1.82 bits per heavy atom. The van der Waals surface area contributed by atoms with Crippen LogP contribution < -0.4 is 16.4 Å². The van der Waals surface area contributed by atoms with Crippen molar-refractivity contribution in [1.82, 2.24) is 15.2 Å². The van der Waals surface area contributed by atoms with Crippen molar-refractivity contribution in [3.63, 3.8) is 0 Å². The summed E-state index contributed by atoms with van der Waals surface area (Å²) in [5.41, 5.74) is 15.3. The molecular formula is C27H30N6. The number of nitrogens with one attached hydrogen (secondary N) is 3. The standard InChI is InChI=1S/C27H30N6/c1-27(2,28)13-14-29-24-12-11-21(17-31-24)30-16-18-7-9-19(10-8-18)25-23-15-20-5-3-4-6-22(20)26(23)33-32-25/h3-12,17,30H,13-16,28H2,1-2H3,(H,29,31)(H,32,33). The molecular weight excluding hydrogens is 408 g/mol. The summed E-state index contributed by atoms with van der Waals surface area (Å²) in [4.78, 5) is 4.48. The summed E-state index contributed by atoms with van der Waals surface area (Å²) in [6.07, 6.45) is 3.68. The lowest BCUT2D eigenvalue weighted by atomic mass is 10.0. The fourth-order valence-electron chi connectivity index (χ4n) is 4.21. The summed E-state index contributed by atoms with van der Waals surface area (Å²) in [5, 5.41) is 14.6. The van der Waals surface area contributed by atoms with E-state index < -0.39 is 0 Å². The Hall–Kier alpha value is -3.64. The van der Waals surface area contributed by atoms with Crippen molar-refractivity contribution in [3.8, 4) is 22.5 Å². The van der Waals surface area contributed by atoms with E-state index in [9.17, 15) is 0 Å². The summed E-state index contributed by atoms with van der Waals surface area (Å²) >= 11 is 0. The maximum atomic E-state index is 6.02. The van der Waals surface area contributed by atoms with Gasteiger partial charge in [0.15, 0.2) is 0 Å². The Bertz CT molecular complexity index is 1230. The van der Waals surface area contributed by atoms with Gasteiger partial charge in [0.05, 0.1) is 23.3 Å². The fraction of sp³-hybridized carbons (Fsp3) is 0.259. The van der Waals surface area contributed by atoms with E-state index in [1.165, 1.54) is 22.3 Å². The number of H-pyrrole nitrogens is 1. The molecule has 0 spiro atoms. The molecule has 0 bridgehead atoms. The average Bonchev–Trinajstić information content (AvgIpc) is 3.38. The second kappa shape index (κ2) is 8.71. The predicted molar refractivity (Wildman–Crippen MR) is 135 cm³/mol. The van der Waals surface area contributed by atoms with Gasteiger partial charge in [-0.15, -0.1) is 0 Å². The number of benzene rings is 2. The van der Waals surface area contributed by atoms with Gasteiger partial charge in [-0.25, -0.2) is 4.98 Å². The zero-order valence-corrected chi connectivity index (χ0v) is 19.2. The third-order valence-corrected chi connectivity index (χ3v) is 6.08. The van der Waals surface area contributed by atoms with Gasteiger partial charge in [0.2, 0.25) is 0 Å². The zero-order chi connectivity index (χ0) is 22.8. The SMILES string of the molecule is CC(C)(N)CCNc1ccc(NCc2ccc(-c3n[nH]c4c3Cc3ccccc3-4)cc2)cn1. The van der Waals surface area contributed by atoms with Crippen LogP contribution in [0.15, 0.2) is 66.9 Å². The molecule has 0 fully saturated rings. The maximum Gasteiger partial charge on any atom is 0.126 e. The van der Waals surface area contributed by atoms with Gasteiger partial charge in [0, 0.05) is 41.7 Å². The molecule has 0 saturated heterocycles. The number of hydrogen-bond donors (Lipinski definition) is 4. The first-order valence-electron chi connectivity index (χ1n) is 11.4. The molecule has 0 atom stereocenters. The molecule has 33 heavy (non-hydrogen) atoms. The first kappa shape index (κ1) is 21.2. The summed E-state index contributed by atoms with van der Waals surface area (Å²) in [5.74, 6) is 0.864. The van der Waals surface area contributed by atoms with Crippen LogP contribution in [0.2, 0.25) is 0 Å². The Morgan fingerprint density at radius 1 is 1.00 bits per heavy atom. The minimum Gasteiger partial charge on any atom is -0.380 e. The highest BCUT2D eigenvalue weighted by molar-refractivity contribution is 5.80. The van der Waals surface area contributed by atoms with Crippen LogP contribution in [0.1, 0.15) is 37.0 Å². The molecule has 6 heteroatoms. The number of aromatic amines is 1. The number of nitrogens with zero attached hydrogens (tertiary/aromatic N) is 2. The van der Waals surface area contributed by atoms with Crippen molar-refractivity contribution in [2.75, 3.05) is 17.2 Å². The average molecular weight is 439 g/mol. The molecule has 2 heterocycles. The lowest BCUT2D eigenvalue weighted by Crippen LogP contribution is -2.34. The van der Waals surface area contributed by atoms with Crippen LogP contribution >= 0.6 is 0 Å². The molecule has 2 aromatic heterocycles. The molecule has 2 aromatic carbocycles. The van der Waals surface area contributed by atoms with Crippen molar-refractivity contribution >= 4 is 11.5 Å². The van der Waals surface area contributed by atoms with Gasteiger partial charge < -0.3 is 16.4 Å². The molecule has 5 N–H and O–H groups in total. The summed E-state index contributed by atoms with van der Waals surface area (Å²) in [6, 6.07) is 21.2. The molecule has 0 amide bonds. The Labute approximate surface area is 194 Å². The second-order valence-corrected chi connectivity index (χ2v) is 9.41. The lowest BCUT2D eigenvalue weighted by molar-refractivity contribution is 0.490. The van der Waals surface area contributed by atoms with Gasteiger partial charge in [0.25, 0.3) is 0 Å². The molecule has 0 saturated carbocycles. The Morgan fingerprint density at radius 3 is 2.58 bits per heavy atom. The van der Waals surface area contributed by atoms with E-state index in [0.29, 0.717) is 0 Å². The molecule has 0 unspecified atom stereocenters. The number of fused-ring (bicyclic) bond motifs is 3.